The molecule has 2 heterocycles. The van der Waals surface area contributed by atoms with Crippen molar-refractivity contribution in [3.63, 3.8) is 0 Å². The maximum absolute atomic E-state index is 5.84. The van der Waals surface area contributed by atoms with E-state index < -0.39 is 0 Å². The number of piperidine rings is 1. The Balaban J connectivity index is 1.79. The lowest BCUT2D eigenvalue weighted by Gasteiger charge is -2.21. The van der Waals surface area contributed by atoms with E-state index in [1.807, 2.05) is 6.07 Å². The Morgan fingerprint density at radius 3 is 2.88 bits per heavy atom. The van der Waals surface area contributed by atoms with Crippen molar-refractivity contribution >= 4 is 11.6 Å². The second-order valence-electron chi connectivity index (χ2n) is 4.82. The lowest BCUT2D eigenvalue weighted by Crippen LogP contribution is -2.28. The quantitative estimate of drug-likeness (QED) is 0.880. The highest BCUT2D eigenvalue weighted by molar-refractivity contribution is 6.28. The zero-order valence-electron chi connectivity index (χ0n) is 9.71. The van der Waals surface area contributed by atoms with Gasteiger partial charge in [-0.25, -0.2) is 0 Å². The Bertz CT molecular complexity index is 473. The van der Waals surface area contributed by atoms with E-state index in [2.05, 4.69) is 17.4 Å². The molecule has 1 aliphatic carbocycles. The van der Waals surface area contributed by atoms with Crippen molar-refractivity contribution in [3.05, 3.63) is 35.0 Å². The predicted octanol–water partition coefficient (Wildman–Crippen LogP) is 3.58. The lowest BCUT2D eigenvalue weighted by molar-refractivity contribution is 0.373. The molecule has 1 fully saturated rings. The topological polar surface area (TPSA) is 25.2 Å². The Labute approximate surface area is 106 Å². The van der Waals surface area contributed by atoms with Gasteiger partial charge in [-0.15, -0.1) is 0 Å². The van der Waals surface area contributed by atoms with Crippen LogP contribution >= 0.6 is 11.6 Å². The number of fused-ring (bicyclic) bond motifs is 1. The highest BCUT2D eigenvalue weighted by Crippen LogP contribution is 2.31. The molecule has 0 spiro atoms. The van der Waals surface area contributed by atoms with Crippen LogP contribution in [-0.2, 0) is 6.42 Å². The molecule has 17 heavy (non-hydrogen) atoms. The first-order valence-corrected chi connectivity index (χ1v) is 6.58. The summed E-state index contributed by atoms with van der Waals surface area (Å²) in [5.74, 6) is 1.71. The molecule has 0 aromatic rings. The summed E-state index contributed by atoms with van der Waals surface area (Å²) in [5, 5.41) is 3.85. The highest BCUT2D eigenvalue weighted by Gasteiger charge is 2.16. The second kappa shape index (κ2) is 4.71. The fourth-order valence-corrected chi connectivity index (χ4v) is 2.76. The smallest absolute Gasteiger partial charge is 0.193 e. The molecule has 0 amide bonds. The zero-order chi connectivity index (χ0) is 11.7. The van der Waals surface area contributed by atoms with Crippen molar-refractivity contribution in [2.45, 2.75) is 19.3 Å². The average molecular weight is 250 g/mol. The monoisotopic (exact) mass is 249 g/mol. The number of rotatable bonds is 2. The fourth-order valence-electron chi connectivity index (χ4n) is 2.61. The molecule has 1 saturated heterocycles. The molecule has 0 bridgehead atoms. The van der Waals surface area contributed by atoms with Crippen LogP contribution in [-0.4, -0.2) is 13.1 Å². The summed E-state index contributed by atoms with van der Waals surface area (Å²) >= 11 is 5.84. The van der Waals surface area contributed by atoms with Gasteiger partial charge in [-0.3, -0.25) is 0 Å². The Morgan fingerprint density at radius 1 is 1.24 bits per heavy atom. The van der Waals surface area contributed by atoms with E-state index in [1.165, 1.54) is 18.4 Å². The fraction of sp³-hybridized carbons (Fsp3) is 0.429. The number of hydrogen-bond donors (Lipinski definition) is 1. The van der Waals surface area contributed by atoms with Crippen LogP contribution < -0.4 is 5.32 Å². The molecule has 0 radical (unpaired) electrons. The lowest BCUT2D eigenvalue weighted by atomic mass is 9.92. The molecule has 0 saturated carbocycles. The van der Waals surface area contributed by atoms with Gasteiger partial charge in [0.2, 0.25) is 0 Å². The average Bonchev–Trinajstić information content (AvgIpc) is 2.71. The van der Waals surface area contributed by atoms with Gasteiger partial charge < -0.3 is 9.73 Å². The number of hydrogen-bond acceptors (Lipinski definition) is 2. The zero-order valence-corrected chi connectivity index (χ0v) is 10.5. The van der Waals surface area contributed by atoms with Gasteiger partial charge >= 0.3 is 0 Å². The molecular formula is C14H16ClNO. The van der Waals surface area contributed by atoms with E-state index in [4.69, 9.17) is 16.0 Å². The van der Waals surface area contributed by atoms with E-state index in [1.54, 1.807) is 6.07 Å². The molecule has 0 atom stereocenters. The van der Waals surface area contributed by atoms with Gasteiger partial charge in [0.1, 0.15) is 5.76 Å². The summed E-state index contributed by atoms with van der Waals surface area (Å²) in [7, 11) is 0. The molecule has 0 aromatic carbocycles. The minimum absolute atomic E-state index is 0.455. The summed E-state index contributed by atoms with van der Waals surface area (Å²) in [5.41, 5.74) is 2.52. The van der Waals surface area contributed by atoms with Crippen molar-refractivity contribution < 1.29 is 4.42 Å². The van der Waals surface area contributed by atoms with E-state index in [0.717, 1.165) is 36.8 Å². The first kappa shape index (κ1) is 11.1. The van der Waals surface area contributed by atoms with E-state index >= 15 is 0 Å². The predicted molar refractivity (Wildman–Crippen MR) is 69.6 cm³/mol. The van der Waals surface area contributed by atoms with Crippen LogP contribution in [0.3, 0.4) is 0 Å². The Kier molecular flexibility index (Phi) is 3.08. The van der Waals surface area contributed by atoms with Gasteiger partial charge in [-0.1, -0.05) is 0 Å². The molecule has 1 N–H and O–H groups in total. The summed E-state index contributed by atoms with van der Waals surface area (Å²) < 4.78 is 5.48. The van der Waals surface area contributed by atoms with Crippen LogP contribution in [0, 0.1) is 5.92 Å². The Hall–Kier alpha value is -0.990. The van der Waals surface area contributed by atoms with Crippen LogP contribution in [0.5, 0.6) is 0 Å². The standard InChI is InChI=1S/C14H16ClNO/c15-14-2-1-12-8-11(9-13(12)17-14)7-10-3-5-16-6-4-10/h1-2,8-10,16H,3-7H2. The van der Waals surface area contributed by atoms with Crippen molar-refractivity contribution in [2.24, 2.45) is 5.92 Å². The van der Waals surface area contributed by atoms with Gasteiger partial charge in [0.05, 0.1) is 0 Å². The molecule has 3 aliphatic rings. The van der Waals surface area contributed by atoms with Crippen molar-refractivity contribution in [1.29, 1.82) is 0 Å². The molecule has 2 aliphatic heterocycles. The molecule has 3 rings (SSSR count). The third-order valence-electron chi connectivity index (χ3n) is 3.53. The first-order valence-electron chi connectivity index (χ1n) is 6.20. The van der Waals surface area contributed by atoms with E-state index in [0.29, 0.717) is 5.22 Å². The minimum atomic E-state index is 0.455. The van der Waals surface area contributed by atoms with Gasteiger partial charge in [0, 0.05) is 5.56 Å². The normalized spacial score (nSPS) is 17.7. The largest absolute Gasteiger partial charge is 0.445 e. The van der Waals surface area contributed by atoms with E-state index in [9.17, 15) is 0 Å². The highest BCUT2D eigenvalue weighted by atomic mass is 35.5. The molecule has 2 nitrogen and oxygen atoms in total. The number of nitrogens with one attached hydrogen (secondary N) is 1. The van der Waals surface area contributed by atoms with Crippen LogP contribution in [0.25, 0.3) is 11.3 Å². The second-order valence-corrected chi connectivity index (χ2v) is 5.19. The Morgan fingerprint density at radius 2 is 2.06 bits per heavy atom. The molecule has 90 valence electrons. The first-order chi connectivity index (χ1) is 8.31. The van der Waals surface area contributed by atoms with Crippen LogP contribution in [0.2, 0.25) is 5.22 Å². The van der Waals surface area contributed by atoms with Crippen LogP contribution in [0.1, 0.15) is 18.4 Å². The van der Waals surface area contributed by atoms with Crippen LogP contribution in [0.4, 0.5) is 0 Å². The third kappa shape index (κ3) is 2.48. The maximum Gasteiger partial charge on any atom is 0.193 e. The van der Waals surface area contributed by atoms with Crippen molar-refractivity contribution in [2.75, 3.05) is 13.1 Å². The van der Waals surface area contributed by atoms with Crippen molar-refractivity contribution in [3.8, 4) is 11.3 Å². The number of halogens is 1. The minimum Gasteiger partial charge on any atom is -0.445 e. The van der Waals surface area contributed by atoms with Gasteiger partial charge in [0.25, 0.3) is 0 Å². The van der Waals surface area contributed by atoms with Crippen LogP contribution in [0.15, 0.2) is 28.7 Å². The summed E-state index contributed by atoms with van der Waals surface area (Å²) in [6, 6.07) is 8.17. The molecule has 0 aromatic heterocycles. The van der Waals surface area contributed by atoms with Gasteiger partial charge in [-0.2, -0.15) is 0 Å². The summed E-state index contributed by atoms with van der Waals surface area (Å²) in [6.45, 7) is 2.31. The SMILES string of the molecule is Clc1ccc2cc(CC3CCNCC3)cc-2o1. The maximum atomic E-state index is 5.84. The van der Waals surface area contributed by atoms with Crippen molar-refractivity contribution in [1.82, 2.24) is 5.32 Å². The molecule has 3 heteroatoms. The molecular weight excluding hydrogens is 234 g/mol. The summed E-state index contributed by atoms with van der Waals surface area (Å²) in [4.78, 5) is 0. The van der Waals surface area contributed by atoms with Gasteiger partial charge in [-0.05, 0) is 79.7 Å². The third-order valence-corrected chi connectivity index (χ3v) is 3.73. The van der Waals surface area contributed by atoms with Gasteiger partial charge in [0.15, 0.2) is 5.22 Å². The molecule has 0 unspecified atom stereocenters. The van der Waals surface area contributed by atoms with E-state index in [-0.39, 0.29) is 0 Å². The summed E-state index contributed by atoms with van der Waals surface area (Å²) in [6.07, 6.45) is 3.71.